The highest BCUT2D eigenvalue weighted by molar-refractivity contribution is 5.74. The molecule has 1 atom stereocenters. The van der Waals surface area contributed by atoms with Crippen LogP contribution in [0.1, 0.15) is 30.5 Å². The molecule has 1 aliphatic carbocycles. The second kappa shape index (κ2) is 7.30. The number of anilines is 2. The molecule has 2 aromatic heterocycles. The van der Waals surface area contributed by atoms with Crippen LogP contribution in [-0.2, 0) is 11.2 Å². The molecule has 0 bridgehead atoms. The highest BCUT2D eigenvalue weighted by atomic mass is 19.1. The number of hydrogen-bond donors (Lipinski definition) is 2. The summed E-state index contributed by atoms with van der Waals surface area (Å²) in [7, 11) is 0. The Hall–Kier alpha value is -3.82. The van der Waals surface area contributed by atoms with Crippen molar-refractivity contribution in [2.45, 2.75) is 25.8 Å². The van der Waals surface area contributed by atoms with Crippen molar-refractivity contribution in [2.24, 2.45) is 0 Å². The maximum atomic E-state index is 13.2. The van der Waals surface area contributed by atoms with Crippen LogP contribution in [0.4, 0.5) is 21.6 Å². The number of carbonyl (C=O) groups is 1. The summed E-state index contributed by atoms with van der Waals surface area (Å²) >= 11 is 0. The second-order valence-electron chi connectivity index (χ2n) is 6.73. The lowest BCUT2D eigenvalue weighted by Crippen LogP contribution is -2.24. The first-order valence-corrected chi connectivity index (χ1v) is 8.93. The maximum absolute atomic E-state index is 13.2. The molecule has 2 heterocycles. The van der Waals surface area contributed by atoms with E-state index in [0.717, 1.165) is 36.4 Å². The number of fused-ring (bicyclic) bond motifs is 1. The number of aromatic nitrogens is 3. The van der Waals surface area contributed by atoms with Gasteiger partial charge in [-0.15, -0.1) is 0 Å². The van der Waals surface area contributed by atoms with E-state index in [1.165, 1.54) is 23.7 Å². The zero-order valence-electron chi connectivity index (χ0n) is 15.4. The number of nitrogens with one attached hydrogen (secondary N) is 2. The predicted molar refractivity (Wildman–Crippen MR) is 103 cm³/mol. The number of benzene rings is 1. The first-order chi connectivity index (χ1) is 13.9. The molecule has 148 valence electrons. The summed E-state index contributed by atoms with van der Waals surface area (Å²) in [6.07, 6.45) is 3.76. The van der Waals surface area contributed by atoms with E-state index < -0.39 is 10.7 Å². The van der Waals surface area contributed by atoms with Gasteiger partial charge in [0, 0.05) is 18.7 Å². The number of aryl methyl sites for hydroxylation is 1. The average Bonchev–Trinajstić information content (AvgIpc) is 3.27. The highest BCUT2D eigenvalue weighted by Crippen LogP contribution is 2.34. The van der Waals surface area contributed by atoms with Crippen molar-refractivity contribution in [2.75, 3.05) is 5.32 Å². The van der Waals surface area contributed by atoms with Crippen molar-refractivity contribution >= 4 is 23.1 Å². The summed E-state index contributed by atoms with van der Waals surface area (Å²) in [6, 6.07) is 8.24. The minimum atomic E-state index is -0.539. The second-order valence-corrected chi connectivity index (χ2v) is 6.73. The molecule has 3 aromatic rings. The third-order valence-corrected chi connectivity index (χ3v) is 4.70. The molecular weight excluding hydrogens is 379 g/mol. The van der Waals surface area contributed by atoms with Crippen LogP contribution >= 0.6 is 0 Å². The lowest BCUT2D eigenvalue weighted by atomic mass is 10.1. The molecule has 1 aromatic carbocycles. The molecule has 0 unspecified atom stereocenters. The Balaban J connectivity index is 1.65. The van der Waals surface area contributed by atoms with Crippen LogP contribution in [0, 0.1) is 15.9 Å². The Labute approximate surface area is 164 Å². The molecule has 0 saturated heterocycles. The fourth-order valence-corrected chi connectivity index (χ4v) is 3.46. The van der Waals surface area contributed by atoms with Gasteiger partial charge in [-0.1, -0.05) is 6.07 Å². The number of amides is 1. The SMILES string of the molecule is CC(=O)N[C@H]1CCc2cc(Nc3nc(-n4cc(F)cn4)ccc3[N+](=O)[O-])ccc21. The largest absolute Gasteiger partial charge is 0.350 e. The van der Waals surface area contributed by atoms with Gasteiger partial charge in [0.05, 0.1) is 23.4 Å². The molecule has 9 nitrogen and oxygen atoms in total. The Morgan fingerprint density at radius 2 is 2.17 bits per heavy atom. The van der Waals surface area contributed by atoms with E-state index >= 15 is 0 Å². The number of pyridine rings is 1. The molecule has 2 N–H and O–H groups in total. The quantitative estimate of drug-likeness (QED) is 0.506. The lowest BCUT2D eigenvalue weighted by Gasteiger charge is -2.13. The molecular formula is C19H17FN6O3. The van der Waals surface area contributed by atoms with Crippen LogP contribution in [0.25, 0.3) is 5.82 Å². The van der Waals surface area contributed by atoms with E-state index in [4.69, 9.17) is 0 Å². The average molecular weight is 396 g/mol. The van der Waals surface area contributed by atoms with Gasteiger partial charge in [-0.05, 0) is 42.2 Å². The van der Waals surface area contributed by atoms with E-state index in [9.17, 15) is 19.3 Å². The maximum Gasteiger partial charge on any atom is 0.311 e. The van der Waals surface area contributed by atoms with Crippen LogP contribution < -0.4 is 10.6 Å². The number of nitro groups is 1. The Morgan fingerprint density at radius 1 is 1.34 bits per heavy atom. The topological polar surface area (TPSA) is 115 Å². The number of nitrogens with zero attached hydrogens (tertiary/aromatic N) is 4. The van der Waals surface area contributed by atoms with Crippen molar-refractivity contribution in [1.82, 2.24) is 20.1 Å². The van der Waals surface area contributed by atoms with Gasteiger partial charge in [0.2, 0.25) is 11.7 Å². The molecule has 29 heavy (non-hydrogen) atoms. The fourth-order valence-electron chi connectivity index (χ4n) is 3.46. The zero-order valence-corrected chi connectivity index (χ0v) is 15.4. The van der Waals surface area contributed by atoms with Crippen molar-refractivity contribution in [3.63, 3.8) is 0 Å². The van der Waals surface area contributed by atoms with Crippen molar-refractivity contribution in [3.05, 3.63) is 69.8 Å². The number of carbonyl (C=O) groups excluding carboxylic acids is 1. The summed E-state index contributed by atoms with van der Waals surface area (Å²) in [5, 5.41) is 21.1. The van der Waals surface area contributed by atoms with Crippen LogP contribution in [0.5, 0.6) is 0 Å². The third-order valence-electron chi connectivity index (χ3n) is 4.70. The molecule has 1 aliphatic rings. The first-order valence-electron chi connectivity index (χ1n) is 8.93. The molecule has 10 heteroatoms. The molecule has 4 rings (SSSR count). The van der Waals surface area contributed by atoms with Gasteiger partial charge in [0.1, 0.15) is 0 Å². The number of hydrogen-bond acceptors (Lipinski definition) is 6. The molecule has 0 spiro atoms. The van der Waals surface area contributed by atoms with E-state index in [1.54, 1.807) is 6.07 Å². The van der Waals surface area contributed by atoms with Crippen LogP contribution in [-0.4, -0.2) is 25.6 Å². The predicted octanol–water partition coefficient (Wildman–Crippen LogP) is 3.18. The van der Waals surface area contributed by atoms with Gasteiger partial charge < -0.3 is 10.6 Å². The minimum absolute atomic E-state index is 0.0259. The minimum Gasteiger partial charge on any atom is -0.350 e. The Kier molecular flexibility index (Phi) is 4.67. The van der Waals surface area contributed by atoms with E-state index in [1.807, 2.05) is 12.1 Å². The summed E-state index contributed by atoms with van der Waals surface area (Å²) in [6.45, 7) is 1.48. The molecule has 1 amide bonds. The van der Waals surface area contributed by atoms with E-state index in [2.05, 4.69) is 20.7 Å². The first kappa shape index (κ1) is 18.5. The van der Waals surface area contributed by atoms with Gasteiger partial charge >= 0.3 is 5.69 Å². The summed E-state index contributed by atoms with van der Waals surface area (Å²) in [5.74, 6) is -0.350. The van der Waals surface area contributed by atoms with Crippen molar-refractivity contribution in [3.8, 4) is 5.82 Å². The van der Waals surface area contributed by atoms with Crippen molar-refractivity contribution < 1.29 is 14.1 Å². The zero-order chi connectivity index (χ0) is 20.5. The smallest absolute Gasteiger partial charge is 0.311 e. The summed E-state index contributed by atoms with van der Waals surface area (Å²) < 4.78 is 14.4. The third kappa shape index (κ3) is 3.77. The molecule has 0 fully saturated rings. The summed E-state index contributed by atoms with van der Waals surface area (Å²) in [4.78, 5) is 26.4. The molecule has 0 radical (unpaired) electrons. The molecule has 0 aliphatic heterocycles. The van der Waals surface area contributed by atoms with Gasteiger partial charge in [0.15, 0.2) is 11.6 Å². The van der Waals surface area contributed by atoms with Crippen LogP contribution in [0.15, 0.2) is 42.7 Å². The van der Waals surface area contributed by atoms with Gasteiger partial charge in [-0.2, -0.15) is 5.10 Å². The number of halogens is 1. The highest BCUT2D eigenvalue weighted by Gasteiger charge is 2.24. The van der Waals surface area contributed by atoms with Gasteiger partial charge in [-0.25, -0.2) is 14.1 Å². The lowest BCUT2D eigenvalue weighted by molar-refractivity contribution is -0.384. The Morgan fingerprint density at radius 3 is 2.86 bits per heavy atom. The Bertz CT molecular complexity index is 1110. The monoisotopic (exact) mass is 396 g/mol. The standard InChI is InChI=1S/C19H17FN6O3/c1-11(27)22-16-5-2-12-8-14(3-4-15(12)16)23-19-17(26(28)29)6-7-18(24-19)25-10-13(20)9-21-25/h3-4,6-10,16H,2,5H2,1H3,(H,22,27)(H,23,24)/t16-/m0/s1. The fraction of sp³-hybridized carbons (Fsp3) is 0.211. The van der Waals surface area contributed by atoms with Crippen molar-refractivity contribution in [1.29, 1.82) is 0 Å². The van der Waals surface area contributed by atoms with E-state index in [-0.39, 0.29) is 29.3 Å². The normalized spacial score (nSPS) is 15.0. The van der Waals surface area contributed by atoms with Gasteiger partial charge in [-0.3, -0.25) is 14.9 Å². The van der Waals surface area contributed by atoms with E-state index in [0.29, 0.717) is 5.69 Å². The van der Waals surface area contributed by atoms with Crippen LogP contribution in [0.3, 0.4) is 0 Å². The summed E-state index contributed by atoms with van der Waals surface area (Å²) in [5.41, 5.74) is 2.51. The van der Waals surface area contributed by atoms with Gasteiger partial charge in [0.25, 0.3) is 0 Å². The van der Waals surface area contributed by atoms with Crippen LogP contribution in [0.2, 0.25) is 0 Å². The molecule has 0 saturated carbocycles. The number of rotatable bonds is 5.